The number of hydrogen-bond donors (Lipinski definition) is 1. The molecule has 0 radical (unpaired) electrons. The number of para-hydroxylation sites is 1. The van der Waals surface area contributed by atoms with Crippen molar-refractivity contribution in [3.63, 3.8) is 0 Å². The number of hydrogen-bond acceptors (Lipinski definition) is 6. The van der Waals surface area contributed by atoms with Gasteiger partial charge in [0, 0.05) is 6.20 Å². The van der Waals surface area contributed by atoms with Gasteiger partial charge in [0.05, 0.1) is 18.1 Å². The monoisotopic (exact) mass is 386 g/mol. The molecule has 0 saturated heterocycles. The number of aryl methyl sites for hydroxylation is 1. The minimum Gasteiger partial charge on any atom is -0.382 e. The minimum absolute atomic E-state index is 0.130. The Labute approximate surface area is 165 Å². The molecule has 0 amide bonds. The van der Waals surface area contributed by atoms with Crippen molar-refractivity contribution >= 4 is 22.5 Å². The lowest BCUT2D eigenvalue weighted by atomic mass is 10.2. The zero-order valence-electron chi connectivity index (χ0n) is 15.9. The number of imidazole rings is 1. The topological polar surface area (TPSA) is 109 Å². The molecule has 1 unspecified atom stereocenters. The smallest absolute Gasteiger partial charge is 0.282 e. The molecule has 4 aromatic heterocycles. The summed E-state index contributed by atoms with van der Waals surface area (Å²) in [6, 6.07) is 11.0. The maximum absolute atomic E-state index is 13.5. The molecule has 0 aliphatic carbocycles. The fourth-order valence-electron chi connectivity index (χ4n) is 3.61. The van der Waals surface area contributed by atoms with Gasteiger partial charge in [0.25, 0.3) is 5.56 Å². The van der Waals surface area contributed by atoms with E-state index in [9.17, 15) is 4.79 Å². The fraction of sp³-hybridized carbons (Fsp3) is 0.150. The average molecular weight is 386 g/mol. The third-order valence-electron chi connectivity index (χ3n) is 5.11. The summed E-state index contributed by atoms with van der Waals surface area (Å²) in [6.45, 7) is 3.85. The Morgan fingerprint density at radius 3 is 2.66 bits per heavy atom. The second-order valence-electron chi connectivity index (χ2n) is 6.89. The van der Waals surface area contributed by atoms with E-state index in [1.165, 1.54) is 6.33 Å². The number of rotatable bonds is 3. The van der Waals surface area contributed by atoms with Crippen LogP contribution in [0.2, 0.25) is 0 Å². The van der Waals surface area contributed by atoms with Crippen LogP contribution in [0, 0.1) is 6.92 Å². The fourth-order valence-corrected chi connectivity index (χ4v) is 3.61. The van der Waals surface area contributed by atoms with E-state index in [0.29, 0.717) is 28.3 Å². The van der Waals surface area contributed by atoms with Crippen molar-refractivity contribution in [2.45, 2.75) is 19.9 Å². The lowest BCUT2D eigenvalue weighted by Crippen LogP contribution is -2.29. The van der Waals surface area contributed by atoms with Crippen LogP contribution in [0.25, 0.3) is 22.4 Å². The van der Waals surface area contributed by atoms with Crippen LogP contribution in [-0.4, -0.2) is 33.7 Å². The molecule has 1 aromatic carbocycles. The largest absolute Gasteiger partial charge is 0.382 e. The van der Waals surface area contributed by atoms with Crippen molar-refractivity contribution in [3.8, 4) is 5.69 Å². The van der Waals surface area contributed by atoms with Gasteiger partial charge in [-0.2, -0.15) is 5.10 Å². The molecule has 1 atom stereocenters. The summed E-state index contributed by atoms with van der Waals surface area (Å²) in [4.78, 5) is 26.1. The van der Waals surface area contributed by atoms with Gasteiger partial charge >= 0.3 is 0 Å². The van der Waals surface area contributed by atoms with Crippen LogP contribution in [0.1, 0.15) is 24.4 Å². The van der Waals surface area contributed by atoms with E-state index in [4.69, 9.17) is 10.8 Å². The predicted molar refractivity (Wildman–Crippen MR) is 109 cm³/mol. The lowest BCUT2D eigenvalue weighted by Gasteiger charge is -2.19. The summed E-state index contributed by atoms with van der Waals surface area (Å²) in [5.41, 5.74) is 9.07. The summed E-state index contributed by atoms with van der Waals surface area (Å²) >= 11 is 0. The number of benzene rings is 1. The van der Waals surface area contributed by atoms with Crippen molar-refractivity contribution in [3.05, 3.63) is 77.0 Å². The minimum atomic E-state index is -0.339. The molecule has 0 fully saturated rings. The third-order valence-corrected chi connectivity index (χ3v) is 5.11. The highest BCUT2D eigenvalue weighted by atomic mass is 16.1. The number of nitrogen functional groups attached to an aromatic ring is 1. The van der Waals surface area contributed by atoms with Crippen LogP contribution < -0.4 is 11.3 Å². The van der Waals surface area contributed by atoms with E-state index in [2.05, 4.69) is 15.0 Å². The van der Waals surface area contributed by atoms with Crippen LogP contribution in [0.4, 0.5) is 5.82 Å². The van der Waals surface area contributed by atoms with Crippen LogP contribution in [-0.2, 0) is 0 Å². The summed E-state index contributed by atoms with van der Waals surface area (Å²) in [5, 5.41) is 4.77. The molecule has 9 heteroatoms. The number of fused-ring (bicyclic) bond motifs is 2. The molecule has 0 aliphatic heterocycles. The van der Waals surface area contributed by atoms with Gasteiger partial charge < -0.3 is 10.3 Å². The van der Waals surface area contributed by atoms with Crippen LogP contribution in [0.5, 0.6) is 0 Å². The molecule has 4 heterocycles. The van der Waals surface area contributed by atoms with Gasteiger partial charge in [-0.25, -0.2) is 19.5 Å². The van der Waals surface area contributed by atoms with Crippen LogP contribution in [0.3, 0.4) is 0 Å². The van der Waals surface area contributed by atoms with Gasteiger partial charge in [-0.3, -0.25) is 9.36 Å². The van der Waals surface area contributed by atoms with Crippen molar-refractivity contribution < 1.29 is 0 Å². The molecular weight excluding hydrogens is 368 g/mol. The average Bonchev–Trinajstić information content (AvgIpc) is 3.33. The molecule has 0 spiro atoms. The first-order valence-electron chi connectivity index (χ1n) is 9.15. The Morgan fingerprint density at radius 1 is 1.07 bits per heavy atom. The van der Waals surface area contributed by atoms with Gasteiger partial charge in [-0.1, -0.05) is 18.2 Å². The van der Waals surface area contributed by atoms with Crippen LogP contribution in [0.15, 0.2) is 60.0 Å². The second-order valence-corrected chi connectivity index (χ2v) is 6.89. The highest BCUT2D eigenvalue weighted by molar-refractivity contribution is 5.81. The molecule has 0 aliphatic rings. The Kier molecular flexibility index (Phi) is 3.70. The van der Waals surface area contributed by atoms with E-state index < -0.39 is 0 Å². The molecule has 144 valence electrons. The zero-order chi connectivity index (χ0) is 20.1. The van der Waals surface area contributed by atoms with Gasteiger partial charge in [-0.15, -0.1) is 0 Å². The molecular formula is C20H18N8O. The Bertz CT molecular complexity index is 1410. The predicted octanol–water partition coefficient (Wildman–Crippen LogP) is 2.12. The van der Waals surface area contributed by atoms with Crippen LogP contribution >= 0.6 is 0 Å². The van der Waals surface area contributed by atoms with Crippen molar-refractivity contribution in [2.75, 3.05) is 5.73 Å². The van der Waals surface area contributed by atoms with Gasteiger partial charge in [0.1, 0.15) is 17.4 Å². The van der Waals surface area contributed by atoms with Crippen molar-refractivity contribution in [1.82, 2.24) is 33.7 Å². The Balaban J connectivity index is 1.82. The normalized spacial score (nSPS) is 12.6. The zero-order valence-corrected chi connectivity index (χ0v) is 15.9. The molecule has 5 aromatic rings. The van der Waals surface area contributed by atoms with E-state index in [1.807, 2.05) is 54.8 Å². The first-order chi connectivity index (χ1) is 14.1. The summed E-state index contributed by atoms with van der Waals surface area (Å²) in [5.74, 6) is 0.867. The molecule has 0 bridgehead atoms. The summed E-state index contributed by atoms with van der Waals surface area (Å²) < 4.78 is 5.12. The van der Waals surface area contributed by atoms with E-state index in [1.54, 1.807) is 21.6 Å². The molecule has 5 rings (SSSR count). The van der Waals surface area contributed by atoms with E-state index in [-0.39, 0.29) is 11.6 Å². The van der Waals surface area contributed by atoms with Crippen molar-refractivity contribution in [2.24, 2.45) is 0 Å². The van der Waals surface area contributed by atoms with Gasteiger partial charge in [0.15, 0.2) is 17.3 Å². The summed E-state index contributed by atoms with van der Waals surface area (Å²) in [6.07, 6.45) is 4.84. The first-order valence-corrected chi connectivity index (χ1v) is 9.15. The third kappa shape index (κ3) is 2.51. The SMILES string of the molecule is Cc1ccn2nc(C(C)n3cnc4c(N)ncnc43)n(-c3ccccc3)c(=O)c12. The highest BCUT2D eigenvalue weighted by Crippen LogP contribution is 2.24. The highest BCUT2D eigenvalue weighted by Gasteiger charge is 2.22. The lowest BCUT2D eigenvalue weighted by molar-refractivity contribution is 0.565. The second kappa shape index (κ2) is 6.26. The first kappa shape index (κ1) is 17.1. The van der Waals surface area contributed by atoms with Gasteiger partial charge in [0.2, 0.25) is 0 Å². The number of nitrogens with two attached hydrogens (primary N) is 1. The molecule has 29 heavy (non-hydrogen) atoms. The maximum atomic E-state index is 13.5. The number of nitrogens with zero attached hydrogens (tertiary/aromatic N) is 7. The standard InChI is InChI=1S/C20H18N8O/c1-12-8-9-27-16(12)20(29)28(14-6-4-3-5-7-14)18(25-27)13(2)26-11-24-15-17(21)22-10-23-19(15)26/h3-11,13H,1-2H3,(H2,21,22,23). The van der Waals surface area contributed by atoms with Gasteiger partial charge in [-0.05, 0) is 37.6 Å². The van der Waals surface area contributed by atoms with E-state index in [0.717, 1.165) is 11.3 Å². The maximum Gasteiger partial charge on any atom is 0.282 e. The Hall–Kier alpha value is -4.01. The van der Waals surface area contributed by atoms with Crippen molar-refractivity contribution in [1.29, 1.82) is 0 Å². The van der Waals surface area contributed by atoms with E-state index >= 15 is 0 Å². The molecule has 2 N–H and O–H groups in total. The Morgan fingerprint density at radius 2 is 1.86 bits per heavy atom. The summed E-state index contributed by atoms with van der Waals surface area (Å²) in [7, 11) is 0. The molecule has 0 saturated carbocycles. The quantitative estimate of drug-likeness (QED) is 0.509. The number of anilines is 1. The molecule has 9 nitrogen and oxygen atoms in total. The number of aromatic nitrogens is 7.